The van der Waals surface area contributed by atoms with Crippen molar-refractivity contribution in [3.8, 4) is 22.8 Å². The van der Waals surface area contributed by atoms with Gasteiger partial charge in [0.05, 0.1) is 26.0 Å². The van der Waals surface area contributed by atoms with Crippen LogP contribution in [0, 0.1) is 0 Å². The topological polar surface area (TPSA) is 73.6 Å². The van der Waals surface area contributed by atoms with Crippen LogP contribution < -0.4 is 14.8 Å². The Hall–Kier alpha value is -2.50. The average Bonchev–Trinajstić information content (AvgIpc) is 3.00. The van der Waals surface area contributed by atoms with Gasteiger partial charge in [-0.25, -0.2) is 4.98 Å². The molecule has 0 radical (unpaired) electrons. The van der Waals surface area contributed by atoms with Crippen LogP contribution in [0.25, 0.3) is 11.3 Å². The van der Waals surface area contributed by atoms with Gasteiger partial charge in [-0.05, 0) is 12.1 Å². The highest BCUT2D eigenvalue weighted by molar-refractivity contribution is 5.75. The monoisotopic (exact) mass is 290 g/mol. The summed E-state index contributed by atoms with van der Waals surface area (Å²) in [6, 6.07) is 5.45. The smallest absolute Gasteiger partial charge is 0.220 e. The summed E-state index contributed by atoms with van der Waals surface area (Å²) in [6.45, 7) is 0. The van der Waals surface area contributed by atoms with Gasteiger partial charge in [-0.15, -0.1) is 0 Å². The molecule has 6 nitrogen and oxygen atoms in total. The van der Waals surface area contributed by atoms with Crippen LogP contribution in [0.5, 0.6) is 11.5 Å². The van der Waals surface area contributed by atoms with Crippen LogP contribution in [-0.2, 0) is 11.2 Å². The predicted molar refractivity (Wildman–Crippen MR) is 77.4 cm³/mol. The fourth-order valence-electron chi connectivity index (χ4n) is 1.90. The zero-order valence-corrected chi connectivity index (χ0v) is 12.3. The van der Waals surface area contributed by atoms with Gasteiger partial charge in [0.15, 0.2) is 11.7 Å². The molecule has 6 heteroatoms. The van der Waals surface area contributed by atoms with Crippen molar-refractivity contribution < 1.29 is 18.7 Å². The van der Waals surface area contributed by atoms with Crippen LogP contribution in [0.15, 0.2) is 28.8 Å². The minimum Gasteiger partial charge on any atom is -0.497 e. The van der Waals surface area contributed by atoms with E-state index < -0.39 is 0 Å². The number of hydrogen-bond donors (Lipinski definition) is 1. The number of nitrogens with one attached hydrogen (secondary N) is 1. The number of aryl methyl sites for hydroxylation is 1. The zero-order chi connectivity index (χ0) is 15.2. The van der Waals surface area contributed by atoms with Gasteiger partial charge in [0.1, 0.15) is 11.5 Å². The Bertz CT molecular complexity index is 622. The normalized spacial score (nSPS) is 10.2. The van der Waals surface area contributed by atoms with Gasteiger partial charge in [-0.2, -0.15) is 0 Å². The standard InChI is InChI=1S/C15H18N2O4/c1-16-14(18)6-7-15-17-9-13(21-15)11-5-4-10(19-2)8-12(11)20-3/h4-5,8-9H,6-7H2,1-3H3,(H,16,18). The lowest BCUT2D eigenvalue weighted by molar-refractivity contribution is -0.120. The second kappa shape index (κ2) is 6.78. The molecule has 0 unspecified atom stereocenters. The summed E-state index contributed by atoms with van der Waals surface area (Å²) in [4.78, 5) is 15.4. The molecular formula is C15H18N2O4. The second-order valence-electron chi connectivity index (χ2n) is 4.36. The van der Waals surface area contributed by atoms with E-state index in [1.54, 1.807) is 33.5 Å². The Morgan fingerprint density at radius 1 is 1.33 bits per heavy atom. The number of aromatic nitrogens is 1. The van der Waals surface area contributed by atoms with Crippen LogP contribution >= 0.6 is 0 Å². The number of carbonyl (C=O) groups excluding carboxylic acids is 1. The minimum atomic E-state index is -0.0446. The van der Waals surface area contributed by atoms with Crippen LogP contribution in [-0.4, -0.2) is 32.2 Å². The Labute approximate surface area is 123 Å². The quantitative estimate of drug-likeness (QED) is 0.881. The van der Waals surface area contributed by atoms with E-state index >= 15 is 0 Å². The molecular weight excluding hydrogens is 272 g/mol. The maximum Gasteiger partial charge on any atom is 0.220 e. The summed E-state index contributed by atoms with van der Waals surface area (Å²) < 4.78 is 16.2. The van der Waals surface area contributed by atoms with Crippen LogP contribution in [0.2, 0.25) is 0 Å². The van der Waals surface area contributed by atoms with Crippen molar-refractivity contribution in [2.45, 2.75) is 12.8 Å². The summed E-state index contributed by atoms with van der Waals surface area (Å²) in [6.07, 6.45) is 2.43. The molecule has 0 bridgehead atoms. The fraction of sp³-hybridized carbons (Fsp3) is 0.333. The van der Waals surface area contributed by atoms with Gasteiger partial charge in [0.2, 0.25) is 5.91 Å². The molecule has 112 valence electrons. The van der Waals surface area contributed by atoms with Gasteiger partial charge in [-0.3, -0.25) is 4.79 Å². The molecule has 1 heterocycles. The largest absolute Gasteiger partial charge is 0.497 e. The SMILES string of the molecule is CNC(=O)CCc1ncc(-c2ccc(OC)cc2OC)o1. The zero-order valence-electron chi connectivity index (χ0n) is 12.3. The average molecular weight is 290 g/mol. The van der Waals surface area contributed by atoms with Gasteiger partial charge in [0, 0.05) is 26.0 Å². The summed E-state index contributed by atoms with van der Waals surface area (Å²) in [5.41, 5.74) is 0.789. The molecule has 0 fully saturated rings. The Morgan fingerprint density at radius 2 is 2.14 bits per heavy atom. The van der Waals surface area contributed by atoms with Crippen molar-refractivity contribution in [2.75, 3.05) is 21.3 Å². The summed E-state index contributed by atoms with van der Waals surface area (Å²) in [5.74, 6) is 2.42. The van der Waals surface area contributed by atoms with E-state index in [0.29, 0.717) is 36.0 Å². The molecule has 0 saturated heterocycles. The fourth-order valence-corrected chi connectivity index (χ4v) is 1.90. The van der Waals surface area contributed by atoms with E-state index in [1.165, 1.54) is 0 Å². The number of nitrogens with zero attached hydrogens (tertiary/aromatic N) is 1. The van der Waals surface area contributed by atoms with Crippen molar-refractivity contribution in [1.29, 1.82) is 0 Å². The summed E-state index contributed by atoms with van der Waals surface area (Å²) in [5, 5.41) is 2.56. The number of amides is 1. The van der Waals surface area contributed by atoms with E-state index in [1.807, 2.05) is 12.1 Å². The van der Waals surface area contributed by atoms with E-state index in [-0.39, 0.29) is 5.91 Å². The third-order valence-electron chi connectivity index (χ3n) is 3.07. The van der Waals surface area contributed by atoms with Gasteiger partial charge in [-0.1, -0.05) is 0 Å². The Balaban J connectivity index is 2.19. The lowest BCUT2D eigenvalue weighted by atomic mass is 10.1. The molecule has 1 aromatic heterocycles. The van der Waals surface area contributed by atoms with Crippen molar-refractivity contribution >= 4 is 5.91 Å². The number of hydrogen-bond acceptors (Lipinski definition) is 5. The first kappa shape index (κ1) is 14.9. The molecule has 2 rings (SSSR count). The number of ether oxygens (including phenoxy) is 2. The maximum atomic E-state index is 11.2. The molecule has 0 aliphatic heterocycles. The van der Waals surface area contributed by atoms with Gasteiger partial charge >= 0.3 is 0 Å². The van der Waals surface area contributed by atoms with E-state index in [2.05, 4.69) is 10.3 Å². The number of benzene rings is 1. The van der Waals surface area contributed by atoms with Crippen molar-refractivity contribution in [3.63, 3.8) is 0 Å². The second-order valence-corrected chi connectivity index (χ2v) is 4.36. The van der Waals surface area contributed by atoms with Crippen molar-refractivity contribution in [2.24, 2.45) is 0 Å². The number of oxazole rings is 1. The van der Waals surface area contributed by atoms with Gasteiger partial charge in [0.25, 0.3) is 0 Å². The number of methoxy groups -OCH3 is 2. The molecule has 0 saturated carbocycles. The third kappa shape index (κ3) is 3.53. The van der Waals surface area contributed by atoms with E-state index in [0.717, 1.165) is 5.56 Å². The lowest BCUT2D eigenvalue weighted by Crippen LogP contribution is -2.17. The molecule has 1 N–H and O–H groups in total. The van der Waals surface area contributed by atoms with Crippen molar-refractivity contribution in [1.82, 2.24) is 10.3 Å². The molecule has 21 heavy (non-hydrogen) atoms. The first-order valence-corrected chi connectivity index (χ1v) is 6.55. The highest BCUT2D eigenvalue weighted by atomic mass is 16.5. The molecule has 1 aromatic carbocycles. The third-order valence-corrected chi connectivity index (χ3v) is 3.07. The Morgan fingerprint density at radius 3 is 2.81 bits per heavy atom. The van der Waals surface area contributed by atoms with Crippen LogP contribution in [0.3, 0.4) is 0 Å². The summed E-state index contributed by atoms with van der Waals surface area (Å²) >= 11 is 0. The highest BCUT2D eigenvalue weighted by Crippen LogP contribution is 2.33. The maximum absolute atomic E-state index is 11.2. The number of rotatable bonds is 6. The summed E-state index contributed by atoms with van der Waals surface area (Å²) in [7, 11) is 4.78. The van der Waals surface area contributed by atoms with Crippen LogP contribution in [0.1, 0.15) is 12.3 Å². The van der Waals surface area contributed by atoms with Crippen molar-refractivity contribution in [3.05, 3.63) is 30.3 Å². The molecule has 0 aliphatic carbocycles. The Kier molecular flexibility index (Phi) is 4.81. The minimum absolute atomic E-state index is 0.0446. The highest BCUT2D eigenvalue weighted by Gasteiger charge is 2.13. The molecule has 0 atom stereocenters. The first-order valence-electron chi connectivity index (χ1n) is 6.55. The van der Waals surface area contributed by atoms with Crippen LogP contribution in [0.4, 0.5) is 0 Å². The molecule has 2 aromatic rings. The molecule has 0 aliphatic rings. The van der Waals surface area contributed by atoms with E-state index in [4.69, 9.17) is 13.9 Å². The molecule has 0 spiro atoms. The number of carbonyl (C=O) groups is 1. The predicted octanol–water partition coefficient (Wildman–Crippen LogP) is 2.04. The first-order chi connectivity index (χ1) is 10.2. The van der Waals surface area contributed by atoms with Gasteiger partial charge < -0.3 is 19.2 Å². The molecule has 1 amide bonds. The lowest BCUT2D eigenvalue weighted by Gasteiger charge is -2.08. The van der Waals surface area contributed by atoms with E-state index in [9.17, 15) is 4.79 Å².